The van der Waals surface area contributed by atoms with Gasteiger partial charge in [-0.25, -0.2) is 0 Å². The summed E-state index contributed by atoms with van der Waals surface area (Å²) in [5.74, 6) is -1.47. The standard InChI is InChI=1S/C8H8O4S.Na.H/c9-8(6-13(10,11)12)7-4-2-1-3-5-7;;/h1-5H,6H2,(H,10,11,12);;/q;+1;-1. The topological polar surface area (TPSA) is 71.4 Å². The first-order valence-corrected chi connectivity index (χ1v) is 5.13. The third-order valence-electron chi connectivity index (χ3n) is 1.41. The van der Waals surface area contributed by atoms with Gasteiger partial charge in [0.2, 0.25) is 0 Å². The molecule has 1 rings (SSSR count). The number of rotatable bonds is 3. The van der Waals surface area contributed by atoms with Crippen molar-refractivity contribution in [2.24, 2.45) is 0 Å². The molecule has 1 aromatic carbocycles. The number of benzene rings is 1. The summed E-state index contributed by atoms with van der Waals surface area (Å²) in [6.07, 6.45) is 0. The molecule has 14 heavy (non-hydrogen) atoms. The minimum atomic E-state index is -4.22. The van der Waals surface area contributed by atoms with Gasteiger partial charge in [0, 0.05) is 5.56 Å². The van der Waals surface area contributed by atoms with Gasteiger partial charge in [-0.15, -0.1) is 0 Å². The van der Waals surface area contributed by atoms with E-state index in [0.29, 0.717) is 0 Å². The van der Waals surface area contributed by atoms with E-state index in [2.05, 4.69) is 0 Å². The van der Waals surface area contributed by atoms with Gasteiger partial charge in [0.1, 0.15) is 5.75 Å². The Morgan fingerprint density at radius 1 is 1.29 bits per heavy atom. The van der Waals surface area contributed by atoms with Crippen molar-refractivity contribution in [2.75, 3.05) is 5.75 Å². The zero-order valence-corrected chi connectivity index (χ0v) is 10.5. The molecule has 0 unspecified atom stereocenters. The molecule has 0 radical (unpaired) electrons. The second-order valence-electron chi connectivity index (χ2n) is 2.52. The molecule has 0 bridgehead atoms. The van der Waals surface area contributed by atoms with Crippen molar-refractivity contribution in [3.8, 4) is 0 Å². The van der Waals surface area contributed by atoms with E-state index < -0.39 is 21.7 Å². The molecular formula is C8H9NaO4S. The van der Waals surface area contributed by atoms with E-state index in [9.17, 15) is 13.2 Å². The summed E-state index contributed by atoms with van der Waals surface area (Å²) < 4.78 is 29.1. The van der Waals surface area contributed by atoms with Crippen LogP contribution in [-0.2, 0) is 10.1 Å². The molecule has 0 saturated carbocycles. The molecule has 0 heterocycles. The van der Waals surface area contributed by atoms with Crippen LogP contribution < -0.4 is 29.6 Å². The van der Waals surface area contributed by atoms with Crippen LogP contribution in [0.4, 0.5) is 0 Å². The predicted molar refractivity (Wildman–Crippen MR) is 48.3 cm³/mol. The predicted octanol–water partition coefficient (Wildman–Crippen LogP) is -2.13. The molecule has 0 saturated heterocycles. The number of hydrogen-bond donors (Lipinski definition) is 1. The summed E-state index contributed by atoms with van der Waals surface area (Å²) >= 11 is 0. The molecular weight excluding hydrogens is 215 g/mol. The number of carbonyl (C=O) groups excluding carboxylic acids is 1. The van der Waals surface area contributed by atoms with Gasteiger partial charge in [-0.3, -0.25) is 9.35 Å². The monoisotopic (exact) mass is 224 g/mol. The van der Waals surface area contributed by atoms with Gasteiger partial charge in [0.25, 0.3) is 10.1 Å². The first-order chi connectivity index (χ1) is 5.99. The Balaban J connectivity index is 0. The van der Waals surface area contributed by atoms with Crippen LogP contribution in [0.15, 0.2) is 30.3 Å². The minimum absolute atomic E-state index is 0. The van der Waals surface area contributed by atoms with Gasteiger partial charge in [-0.2, -0.15) is 8.42 Å². The number of hydrogen-bond acceptors (Lipinski definition) is 3. The molecule has 1 aromatic rings. The Labute approximate surface area is 106 Å². The van der Waals surface area contributed by atoms with Crippen molar-refractivity contribution in [1.29, 1.82) is 0 Å². The Morgan fingerprint density at radius 3 is 2.21 bits per heavy atom. The van der Waals surface area contributed by atoms with Crippen molar-refractivity contribution in [3.63, 3.8) is 0 Å². The van der Waals surface area contributed by atoms with Gasteiger partial charge < -0.3 is 1.43 Å². The van der Waals surface area contributed by atoms with Crippen LogP contribution in [0.3, 0.4) is 0 Å². The van der Waals surface area contributed by atoms with E-state index in [0.717, 1.165) is 0 Å². The first kappa shape index (κ1) is 13.8. The quantitative estimate of drug-likeness (QED) is 0.362. The Morgan fingerprint density at radius 2 is 1.79 bits per heavy atom. The molecule has 0 aromatic heterocycles. The zero-order chi connectivity index (χ0) is 9.90. The fourth-order valence-corrected chi connectivity index (χ4v) is 1.37. The van der Waals surface area contributed by atoms with E-state index in [-0.39, 0.29) is 36.5 Å². The molecule has 72 valence electrons. The molecule has 0 aliphatic carbocycles. The van der Waals surface area contributed by atoms with Gasteiger partial charge in [-0.05, 0) is 0 Å². The maximum Gasteiger partial charge on any atom is 1.00 e. The molecule has 6 heteroatoms. The summed E-state index contributed by atoms with van der Waals surface area (Å²) in [5.41, 5.74) is 0.278. The molecule has 0 aliphatic heterocycles. The van der Waals surface area contributed by atoms with Crippen LogP contribution in [0, 0.1) is 0 Å². The fourth-order valence-electron chi connectivity index (χ4n) is 0.873. The summed E-state index contributed by atoms with van der Waals surface area (Å²) in [6, 6.07) is 7.94. The largest absolute Gasteiger partial charge is 1.00 e. The third kappa shape index (κ3) is 4.88. The van der Waals surface area contributed by atoms with E-state index in [1.807, 2.05) is 0 Å². The van der Waals surface area contributed by atoms with E-state index in [1.165, 1.54) is 12.1 Å². The number of carbonyl (C=O) groups is 1. The molecule has 4 nitrogen and oxygen atoms in total. The summed E-state index contributed by atoms with van der Waals surface area (Å²) in [6.45, 7) is 0. The van der Waals surface area contributed by atoms with Crippen molar-refractivity contribution in [2.45, 2.75) is 0 Å². The molecule has 1 N–H and O–H groups in total. The van der Waals surface area contributed by atoms with Gasteiger partial charge in [-0.1, -0.05) is 30.3 Å². The Kier molecular flexibility index (Phi) is 5.54. The Bertz CT molecular complexity index is 404. The summed E-state index contributed by atoms with van der Waals surface area (Å²) in [5, 5.41) is 0. The summed E-state index contributed by atoms with van der Waals surface area (Å²) in [4.78, 5) is 11.1. The van der Waals surface area contributed by atoms with Crippen molar-refractivity contribution in [1.82, 2.24) is 0 Å². The molecule has 0 aliphatic rings. The average Bonchev–Trinajstić information content (AvgIpc) is 2.03. The average molecular weight is 224 g/mol. The van der Waals surface area contributed by atoms with Crippen LogP contribution >= 0.6 is 0 Å². The van der Waals surface area contributed by atoms with E-state index >= 15 is 0 Å². The number of ketones is 1. The maximum atomic E-state index is 11.1. The van der Waals surface area contributed by atoms with Crippen LogP contribution in [0.2, 0.25) is 0 Å². The van der Waals surface area contributed by atoms with Crippen LogP contribution in [0.5, 0.6) is 0 Å². The van der Waals surface area contributed by atoms with Crippen LogP contribution in [0.25, 0.3) is 0 Å². The second kappa shape index (κ2) is 5.63. The van der Waals surface area contributed by atoms with E-state index in [1.54, 1.807) is 18.2 Å². The third-order valence-corrected chi connectivity index (χ3v) is 2.04. The SMILES string of the molecule is O=C(CS(=O)(=O)O)c1ccccc1.[H-].[Na+]. The van der Waals surface area contributed by atoms with Gasteiger partial charge >= 0.3 is 29.6 Å². The van der Waals surface area contributed by atoms with Crippen LogP contribution in [-0.4, -0.2) is 24.5 Å². The van der Waals surface area contributed by atoms with Gasteiger partial charge in [0.05, 0.1) is 0 Å². The van der Waals surface area contributed by atoms with E-state index in [4.69, 9.17) is 4.55 Å². The smallest absolute Gasteiger partial charge is 1.00 e. The maximum absolute atomic E-state index is 11.1. The summed E-state index contributed by atoms with van der Waals surface area (Å²) in [7, 11) is -4.22. The normalized spacial score (nSPS) is 10.4. The van der Waals surface area contributed by atoms with Crippen LogP contribution in [0.1, 0.15) is 11.8 Å². The molecule has 0 amide bonds. The number of Topliss-reactive ketones (excluding diaryl/α,β-unsaturated/α-hetero) is 1. The minimum Gasteiger partial charge on any atom is -1.00 e. The van der Waals surface area contributed by atoms with Gasteiger partial charge in [0.15, 0.2) is 5.78 Å². The Hall–Kier alpha value is -0.200. The van der Waals surface area contributed by atoms with Crippen molar-refractivity contribution >= 4 is 15.9 Å². The second-order valence-corrected chi connectivity index (χ2v) is 3.97. The molecule has 0 atom stereocenters. The van der Waals surface area contributed by atoms with Crippen molar-refractivity contribution < 1.29 is 48.7 Å². The first-order valence-electron chi connectivity index (χ1n) is 3.52. The fraction of sp³-hybridized carbons (Fsp3) is 0.125. The van der Waals surface area contributed by atoms with Crippen molar-refractivity contribution in [3.05, 3.63) is 35.9 Å². The zero-order valence-electron chi connectivity index (χ0n) is 8.67. The molecule has 0 fully saturated rings. The molecule has 0 spiro atoms.